The molecular weight excluding hydrogens is 482 g/mol. The molecule has 2 aliphatic rings. The van der Waals surface area contributed by atoms with Gasteiger partial charge in [0.1, 0.15) is 11.5 Å². The topological polar surface area (TPSA) is 49.6 Å². The molecule has 33 heavy (non-hydrogen) atoms. The molecule has 1 aromatic carbocycles. The van der Waals surface area contributed by atoms with Crippen LogP contribution >= 0.6 is 36.6 Å². The predicted octanol–water partition coefficient (Wildman–Crippen LogP) is 4.83. The molecule has 1 amide bonds. The number of likely N-dealkylation sites (tertiary alicyclic amines) is 1. The molecule has 0 unspecified atom stereocenters. The first-order valence-electron chi connectivity index (χ1n) is 10.8. The summed E-state index contributed by atoms with van der Waals surface area (Å²) in [4.78, 5) is 20.3. The Morgan fingerprint density at radius 2 is 1.91 bits per heavy atom. The van der Waals surface area contributed by atoms with Crippen molar-refractivity contribution in [2.45, 2.75) is 24.3 Å². The van der Waals surface area contributed by atoms with Crippen molar-refractivity contribution in [1.82, 2.24) is 19.6 Å². The lowest BCUT2D eigenvalue weighted by atomic mass is 9.96. The molecule has 0 saturated carbocycles. The standard InChI is InChI=1S/C24H25FN4OS.2ClH/c25-20-5-2-1-4-18(20)10-13-28-11-8-17(9-12-28)15-27-24(30)21-14-19-16-26-22-6-3-7-23(31-21)29(19)22;;/h1-7,14,16-17H,8-13,15H2,(H,27,30);2*1H. The third kappa shape index (κ3) is 5.72. The summed E-state index contributed by atoms with van der Waals surface area (Å²) in [5, 5.41) is 4.15. The van der Waals surface area contributed by atoms with Crippen LogP contribution in [0, 0.1) is 11.7 Å². The number of imidazole rings is 1. The Morgan fingerprint density at radius 3 is 2.70 bits per heavy atom. The SMILES string of the molecule is Cl.Cl.O=C(NCC1CCN(CCc2ccccc2F)CC1)C1=Cc2cnc3cccc(n23)S1. The molecule has 5 rings (SSSR count). The molecule has 0 aliphatic carbocycles. The van der Waals surface area contributed by atoms with E-state index >= 15 is 0 Å². The fraction of sp³-hybridized carbons (Fsp3) is 0.333. The van der Waals surface area contributed by atoms with E-state index in [1.54, 1.807) is 6.07 Å². The number of hydrogen-bond donors (Lipinski definition) is 1. The normalized spacial score (nSPS) is 16.0. The van der Waals surface area contributed by atoms with Crippen molar-refractivity contribution in [3.05, 3.63) is 70.6 Å². The third-order valence-electron chi connectivity index (χ3n) is 6.15. The summed E-state index contributed by atoms with van der Waals surface area (Å²) in [7, 11) is 0. The molecule has 176 valence electrons. The summed E-state index contributed by atoms with van der Waals surface area (Å²) >= 11 is 1.49. The number of amides is 1. The van der Waals surface area contributed by atoms with Crippen molar-refractivity contribution in [2.75, 3.05) is 26.2 Å². The number of aromatic nitrogens is 2. The van der Waals surface area contributed by atoms with E-state index in [4.69, 9.17) is 0 Å². The number of piperidine rings is 1. The lowest BCUT2D eigenvalue weighted by molar-refractivity contribution is -0.117. The highest BCUT2D eigenvalue weighted by molar-refractivity contribution is 8.04. The maximum atomic E-state index is 13.8. The van der Waals surface area contributed by atoms with Crippen LogP contribution in [0.1, 0.15) is 24.1 Å². The van der Waals surface area contributed by atoms with E-state index in [-0.39, 0.29) is 36.5 Å². The number of pyridine rings is 1. The quantitative estimate of drug-likeness (QED) is 0.517. The number of carbonyl (C=O) groups excluding carboxylic acids is 1. The highest BCUT2D eigenvalue weighted by atomic mass is 35.5. The molecule has 1 N–H and O–H groups in total. The third-order valence-corrected chi connectivity index (χ3v) is 7.20. The molecular formula is C24H27Cl2FN4OS. The summed E-state index contributed by atoms with van der Waals surface area (Å²) in [5.41, 5.74) is 2.63. The van der Waals surface area contributed by atoms with Crippen molar-refractivity contribution in [1.29, 1.82) is 0 Å². The molecule has 2 aliphatic heterocycles. The first-order chi connectivity index (χ1) is 15.2. The van der Waals surface area contributed by atoms with Gasteiger partial charge in [0.15, 0.2) is 0 Å². The van der Waals surface area contributed by atoms with Crippen LogP contribution in [0.15, 0.2) is 58.6 Å². The Morgan fingerprint density at radius 1 is 1.12 bits per heavy atom. The minimum absolute atomic E-state index is 0. The Hall–Kier alpha value is -2.06. The van der Waals surface area contributed by atoms with Gasteiger partial charge < -0.3 is 10.2 Å². The summed E-state index contributed by atoms with van der Waals surface area (Å²) in [6.07, 6.45) is 6.57. The van der Waals surface area contributed by atoms with Gasteiger partial charge in [-0.3, -0.25) is 9.20 Å². The number of halogens is 3. The van der Waals surface area contributed by atoms with E-state index in [1.807, 2.05) is 42.6 Å². The van der Waals surface area contributed by atoms with Crippen LogP contribution in [0.4, 0.5) is 4.39 Å². The zero-order chi connectivity index (χ0) is 21.2. The van der Waals surface area contributed by atoms with Crippen LogP contribution in [0.3, 0.4) is 0 Å². The number of thioether (sulfide) groups is 1. The zero-order valence-electron chi connectivity index (χ0n) is 18.1. The summed E-state index contributed by atoms with van der Waals surface area (Å²) < 4.78 is 15.9. The molecule has 0 radical (unpaired) electrons. The van der Waals surface area contributed by atoms with E-state index in [0.717, 1.165) is 60.8 Å². The van der Waals surface area contributed by atoms with Crippen molar-refractivity contribution < 1.29 is 9.18 Å². The molecule has 0 spiro atoms. The van der Waals surface area contributed by atoms with Crippen LogP contribution in [0.25, 0.3) is 11.7 Å². The number of carbonyl (C=O) groups is 1. The number of benzene rings is 1. The number of hydrogen-bond acceptors (Lipinski definition) is 4. The first-order valence-corrected chi connectivity index (χ1v) is 11.6. The Balaban J connectivity index is 0.00000153. The van der Waals surface area contributed by atoms with Crippen LogP contribution in [0.5, 0.6) is 0 Å². The first kappa shape index (κ1) is 25.6. The van der Waals surface area contributed by atoms with E-state index < -0.39 is 0 Å². The Kier molecular flexibility index (Phi) is 8.82. The average molecular weight is 509 g/mol. The second kappa shape index (κ2) is 11.4. The van der Waals surface area contributed by atoms with E-state index in [0.29, 0.717) is 17.4 Å². The van der Waals surface area contributed by atoms with Crippen molar-refractivity contribution in [3.8, 4) is 0 Å². The molecule has 0 bridgehead atoms. The van der Waals surface area contributed by atoms with Crippen LogP contribution in [-0.4, -0.2) is 46.4 Å². The zero-order valence-corrected chi connectivity index (χ0v) is 20.5. The number of nitrogens with zero attached hydrogens (tertiary/aromatic N) is 3. The molecule has 5 nitrogen and oxygen atoms in total. The van der Waals surface area contributed by atoms with Gasteiger partial charge in [-0.25, -0.2) is 9.37 Å². The highest BCUT2D eigenvalue weighted by Crippen LogP contribution is 2.34. The van der Waals surface area contributed by atoms with E-state index in [1.165, 1.54) is 17.8 Å². The van der Waals surface area contributed by atoms with Crippen LogP contribution in [0.2, 0.25) is 0 Å². The fourth-order valence-electron chi connectivity index (χ4n) is 4.32. The largest absolute Gasteiger partial charge is 0.351 e. The van der Waals surface area contributed by atoms with Gasteiger partial charge in [-0.1, -0.05) is 36.0 Å². The van der Waals surface area contributed by atoms with E-state index in [9.17, 15) is 9.18 Å². The second-order valence-electron chi connectivity index (χ2n) is 8.19. The maximum absolute atomic E-state index is 13.8. The molecule has 4 heterocycles. The molecule has 9 heteroatoms. The predicted molar refractivity (Wildman–Crippen MR) is 136 cm³/mol. The summed E-state index contributed by atoms with van der Waals surface area (Å²) in [5.74, 6) is 0.350. The van der Waals surface area contributed by atoms with Crippen molar-refractivity contribution in [3.63, 3.8) is 0 Å². The van der Waals surface area contributed by atoms with Gasteiger partial charge in [0.2, 0.25) is 0 Å². The monoisotopic (exact) mass is 508 g/mol. The maximum Gasteiger partial charge on any atom is 0.258 e. The average Bonchev–Trinajstić information content (AvgIpc) is 3.22. The Bertz CT molecular complexity index is 1140. The molecule has 3 aromatic rings. The molecule has 1 fully saturated rings. The number of nitrogens with one attached hydrogen (secondary N) is 1. The van der Waals surface area contributed by atoms with Crippen LogP contribution in [-0.2, 0) is 11.2 Å². The minimum Gasteiger partial charge on any atom is -0.351 e. The fourth-order valence-corrected chi connectivity index (χ4v) is 5.32. The number of rotatable bonds is 6. The summed E-state index contributed by atoms with van der Waals surface area (Å²) in [6.45, 7) is 3.56. The van der Waals surface area contributed by atoms with Gasteiger partial charge in [0.25, 0.3) is 5.91 Å². The van der Waals surface area contributed by atoms with Crippen molar-refractivity contribution >= 4 is 54.2 Å². The van der Waals surface area contributed by atoms with Gasteiger partial charge in [-0.2, -0.15) is 0 Å². The van der Waals surface area contributed by atoms with Crippen LogP contribution < -0.4 is 5.32 Å². The van der Waals surface area contributed by atoms with E-state index in [2.05, 4.69) is 19.6 Å². The van der Waals surface area contributed by atoms with Gasteiger partial charge in [-0.05, 0) is 68.1 Å². The van der Waals surface area contributed by atoms with Gasteiger partial charge in [-0.15, -0.1) is 24.8 Å². The van der Waals surface area contributed by atoms with Gasteiger partial charge in [0, 0.05) is 13.1 Å². The lowest BCUT2D eigenvalue weighted by Crippen LogP contribution is -2.39. The molecule has 0 atom stereocenters. The second-order valence-corrected chi connectivity index (χ2v) is 9.25. The molecule has 2 aromatic heterocycles. The molecule has 1 saturated heterocycles. The van der Waals surface area contributed by atoms with Gasteiger partial charge >= 0.3 is 0 Å². The minimum atomic E-state index is -0.116. The smallest absolute Gasteiger partial charge is 0.258 e. The Labute approximate surface area is 209 Å². The van der Waals surface area contributed by atoms with Crippen molar-refractivity contribution in [2.24, 2.45) is 5.92 Å². The summed E-state index contributed by atoms with van der Waals surface area (Å²) in [6, 6.07) is 13.0. The lowest BCUT2D eigenvalue weighted by Gasteiger charge is -2.32. The van der Waals surface area contributed by atoms with Gasteiger partial charge in [0.05, 0.1) is 21.8 Å². The highest BCUT2D eigenvalue weighted by Gasteiger charge is 2.23.